The van der Waals surface area contributed by atoms with Gasteiger partial charge in [-0.25, -0.2) is 9.97 Å². The lowest BCUT2D eigenvalue weighted by Crippen LogP contribution is -2.44. The molecular weight excluding hydrogens is 511 g/mol. The number of imidazole rings is 2. The van der Waals surface area contributed by atoms with Crippen molar-refractivity contribution in [2.24, 2.45) is 0 Å². The van der Waals surface area contributed by atoms with Crippen LogP contribution >= 0.6 is 22.9 Å². The Morgan fingerprint density at radius 1 is 0.812 bits per heavy atom. The smallest absolute Gasteiger partial charge is 0.137 e. The summed E-state index contributed by atoms with van der Waals surface area (Å²) in [4.78, 5) is 14.0. The van der Waals surface area contributed by atoms with Gasteiger partial charge < -0.3 is 9.80 Å². The van der Waals surface area contributed by atoms with Crippen LogP contribution in [0.4, 0.5) is 5.69 Å². The summed E-state index contributed by atoms with van der Waals surface area (Å²) >= 11 is 2.25. The minimum absolute atomic E-state index is 0.945. The summed E-state index contributed by atoms with van der Waals surface area (Å²) in [7, 11) is 2.19. The quantitative estimate of drug-likeness (QED) is 0.307. The molecule has 1 fully saturated rings. The summed E-state index contributed by atoms with van der Waals surface area (Å²) in [5.41, 5.74) is 8.93. The molecule has 7 heteroatoms. The maximum atomic E-state index is 4.69. The van der Waals surface area contributed by atoms with Crippen LogP contribution in [0.15, 0.2) is 73.3 Å². The van der Waals surface area contributed by atoms with Crippen molar-refractivity contribution < 1.29 is 0 Å². The van der Waals surface area contributed by atoms with Gasteiger partial charge in [0.15, 0.2) is 0 Å². The van der Waals surface area contributed by atoms with Crippen LogP contribution in [-0.2, 0) is 0 Å². The topological polar surface area (TPSA) is 41.6 Å². The highest BCUT2D eigenvalue weighted by Crippen LogP contribution is 2.29. The molecule has 0 spiro atoms. The summed E-state index contributed by atoms with van der Waals surface area (Å²) in [6.45, 7) is 4.41. The average molecular weight is 534 g/mol. The van der Waals surface area contributed by atoms with Crippen molar-refractivity contribution in [1.29, 1.82) is 0 Å². The van der Waals surface area contributed by atoms with E-state index in [-0.39, 0.29) is 0 Å². The summed E-state index contributed by atoms with van der Waals surface area (Å²) in [5.74, 6) is 0. The Kier molecular flexibility index (Phi) is 4.87. The zero-order valence-electron chi connectivity index (χ0n) is 17.8. The summed E-state index contributed by atoms with van der Waals surface area (Å²) in [6, 6.07) is 19.6. The Morgan fingerprint density at radius 2 is 1.59 bits per heavy atom. The predicted octanol–water partition coefficient (Wildman–Crippen LogP) is 4.97. The number of halogens is 1. The van der Waals surface area contributed by atoms with E-state index in [0.717, 1.165) is 54.1 Å². The number of nitrogens with zero attached hydrogens (tertiary/aromatic N) is 6. The van der Waals surface area contributed by atoms with Crippen molar-refractivity contribution in [3.63, 3.8) is 0 Å². The van der Waals surface area contributed by atoms with Gasteiger partial charge in [-0.05, 0) is 54.6 Å². The summed E-state index contributed by atoms with van der Waals surface area (Å²) in [6.07, 6.45) is 5.89. The van der Waals surface area contributed by atoms with Crippen molar-refractivity contribution >= 4 is 45.2 Å². The zero-order valence-corrected chi connectivity index (χ0v) is 20.0. The zero-order chi connectivity index (χ0) is 21.7. The number of fused-ring (bicyclic) bond motifs is 2. The molecule has 160 valence electrons. The molecule has 0 saturated carbocycles. The van der Waals surface area contributed by atoms with Crippen molar-refractivity contribution in [2.75, 3.05) is 38.1 Å². The Morgan fingerprint density at radius 3 is 2.41 bits per heavy atom. The third kappa shape index (κ3) is 3.45. The van der Waals surface area contributed by atoms with E-state index in [0.29, 0.717) is 0 Å². The van der Waals surface area contributed by atoms with E-state index in [1.54, 1.807) is 0 Å². The van der Waals surface area contributed by atoms with E-state index >= 15 is 0 Å². The van der Waals surface area contributed by atoms with Gasteiger partial charge in [-0.1, -0.05) is 18.2 Å². The molecule has 5 aromatic rings. The second kappa shape index (κ2) is 7.90. The molecule has 0 radical (unpaired) electrons. The van der Waals surface area contributed by atoms with Crippen molar-refractivity contribution in [3.05, 3.63) is 73.3 Å². The maximum Gasteiger partial charge on any atom is 0.137 e. The number of hydrogen-bond acceptors (Lipinski definition) is 4. The van der Waals surface area contributed by atoms with Crippen LogP contribution in [0.1, 0.15) is 0 Å². The van der Waals surface area contributed by atoms with Crippen LogP contribution < -0.4 is 4.90 Å². The number of likely N-dealkylation sites (N-methyl/N-ethyl adjacent to an activating group) is 1. The highest BCUT2D eigenvalue weighted by molar-refractivity contribution is 14.1. The van der Waals surface area contributed by atoms with E-state index in [2.05, 4.69) is 115 Å². The first-order valence-electron chi connectivity index (χ1n) is 10.8. The minimum Gasteiger partial charge on any atom is -0.369 e. The van der Waals surface area contributed by atoms with Gasteiger partial charge in [-0.2, -0.15) is 0 Å². The van der Waals surface area contributed by atoms with Crippen LogP contribution in [0.25, 0.3) is 39.1 Å². The molecule has 2 aromatic carbocycles. The molecule has 32 heavy (non-hydrogen) atoms. The maximum absolute atomic E-state index is 4.69. The highest BCUT2D eigenvalue weighted by Gasteiger charge is 2.14. The Bertz CT molecular complexity index is 1410. The number of anilines is 1. The Hall–Kier alpha value is -2.91. The molecule has 1 saturated heterocycles. The fourth-order valence-corrected chi connectivity index (χ4v) is 4.98. The standard InChI is InChI=1S/C25H23IN6/c1-29-10-12-30(13-11-29)21-5-2-18(3-6-21)19-8-9-31-24(16-27-25(31)15-19)20-4-7-23-22(14-20)28-17-32(23)26/h2-9,14-17H,10-13H2,1H3. The van der Waals surface area contributed by atoms with Gasteiger partial charge in [-0.15, -0.1) is 0 Å². The normalized spacial score (nSPS) is 15.1. The molecule has 0 amide bonds. The van der Waals surface area contributed by atoms with Gasteiger partial charge in [0, 0.05) is 43.6 Å². The van der Waals surface area contributed by atoms with E-state index in [9.17, 15) is 0 Å². The van der Waals surface area contributed by atoms with Gasteiger partial charge in [-0.3, -0.25) is 7.18 Å². The van der Waals surface area contributed by atoms with E-state index in [1.165, 1.54) is 16.8 Å². The van der Waals surface area contributed by atoms with Crippen molar-refractivity contribution in [3.8, 4) is 22.4 Å². The Labute approximate surface area is 200 Å². The number of piperazine rings is 1. The molecule has 0 unspecified atom stereocenters. The summed E-state index contributed by atoms with van der Waals surface area (Å²) < 4.78 is 4.15. The van der Waals surface area contributed by atoms with Crippen LogP contribution in [0, 0.1) is 0 Å². The number of rotatable bonds is 3. The SMILES string of the molecule is CN1CCN(c2ccc(-c3ccn4c(-c5ccc6c(c5)ncn6I)cnc4c3)cc2)CC1. The molecule has 4 heterocycles. The fourth-order valence-electron chi connectivity index (χ4n) is 4.45. The lowest BCUT2D eigenvalue weighted by molar-refractivity contribution is 0.313. The number of hydrogen-bond donors (Lipinski definition) is 0. The molecule has 0 N–H and O–H groups in total. The minimum atomic E-state index is 0.945. The lowest BCUT2D eigenvalue weighted by Gasteiger charge is -2.34. The van der Waals surface area contributed by atoms with Crippen molar-refractivity contribution in [1.82, 2.24) is 22.0 Å². The fraction of sp³-hybridized carbons (Fsp3) is 0.200. The van der Waals surface area contributed by atoms with Gasteiger partial charge in [0.2, 0.25) is 0 Å². The van der Waals surface area contributed by atoms with E-state index in [1.807, 2.05) is 15.3 Å². The molecule has 3 aromatic heterocycles. The number of benzene rings is 2. The van der Waals surface area contributed by atoms with Crippen LogP contribution in [0.3, 0.4) is 0 Å². The monoisotopic (exact) mass is 534 g/mol. The van der Waals surface area contributed by atoms with E-state index in [4.69, 9.17) is 0 Å². The third-order valence-electron chi connectivity index (χ3n) is 6.38. The van der Waals surface area contributed by atoms with Gasteiger partial charge in [0.25, 0.3) is 0 Å². The van der Waals surface area contributed by atoms with Crippen molar-refractivity contribution in [2.45, 2.75) is 0 Å². The average Bonchev–Trinajstić information content (AvgIpc) is 3.42. The third-order valence-corrected chi connectivity index (χ3v) is 7.15. The molecule has 1 aliphatic heterocycles. The molecule has 1 aliphatic rings. The summed E-state index contributed by atoms with van der Waals surface area (Å²) in [5, 5.41) is 0. The number of aromatic nitrogens is 4. The first kappa shape index (κ1) is 19.8. The van der Waals surface area contributed by atoms with E-state index < -0.39 is 0 Å². The van der Waals surface area contributed by atoms with Gasteiger partial charge >= 0.3 is 0 Å². The first-order valence-corrected chi connectivity index (χ1v) is 11.8. The molecule has 0 atom stereocenters. The largest absolute Gasteiger partial charge is 0.369 e. The molecule has 0 aliphatic carbocycles. The first-order chi connectivity index (χ1) is 15.7. The van der Waals surface area contributed by atoms with Crippen LogP contribution in [0.5, 0.6) is 0 Å². The molecular formula is C25H23IN6. The van der Waals surface area contributed by atoms with Gasteiger partial charge in [0.05, 0.1) is 45.8 Å². The second-order valence-electron chi connectivity index (χ2n) is 8.38. The molecule has 0 bridgehead atoms. The number of pyridine rings is 1. The van der Waals surface area contributed by atoms with Crippen LogP contribution in [0.2, 0.25) is 0 Å². The highest BCUT2D eigenvalue weighted by atomic mass is 127. The second-order valence-corrected chi connectivity index (χ2v) is 9.42. The van der Waals surface area contributed by atoms with Gasteiger partial charge in [0.1, 0.15) is 12.0 Å². The predicted molar refractivity (Wildman–Crippen MR) is 138 cm³/mol. The Balaban J connectivity index is 1.29. The lowest BCUT2D eigenvalue weighted by atomic mass is 10.1. The van der Waals surface area contributed by atoms with Crippen LogP contribution in [-0.4, -0.2) is 55.3 Å². The molecule has 6 nitrogen and oxygen atoms in total. The molecule has 6 rings (SSSR count).